The van der Waals surface area contributed by atoms with E-state index in [0.29, 0.717) is 31.6 Å². The Bertz CT molecular complexity index is 1500. The van der Waals surface area contributed by atoms with Gasteiger partial charge in [0.05, 0.1) is 0 Å². The molecule has 1 aromatic carbocycles. The number of benzene rings is 1. The van der Waals surface area contributed by atoms with Crippen molar-refractivity contribution in [2.24, 2.45) is 11.7 Å². The predicted molar refractivity (Wildman–Crippen MR) is 192 cm³/mol. The van der Waals surface area contributed by atoms with Gasteiger partial charge in [0.2, 0.25) is 29.5 Å². The standard InChI is InChI=1S/C34H51N9O10/c1-21(2)30(40-22(3)44)32(49)42-25(8-5-13-39-33(35)50)31(48)41-24-11-10-23(19-53-34(51)36-4)26(18-24)52-20-28(46)38-15-7-14-37-27(45)12-17-43-16-6-9-29(43)47/h6,9-11,18,21,25,30H,5,7-8,12-17,19-20H2,1-4H3,(H,36,51)(H,37,45)(H,38,46)(H,40,44)(H,41,48)(H,42,49)(H3,35,39,50)/t25-,30-/m0/s1. The van der Waals surface area contributed by atoms with Crippen LogP contribution < -0.4 is 47.7 Å². The molecule has 2 rings (SSSR count). The molecular formula is C34H51N9O10. The number of ether oxygens (including phenoxy) is 2. The van der Waals surface area contributed by atoms with Gasteiger partial charge in [-0.2, -0.15) is 0 Å². The summed E-state index contributed by atoms with van der Waals surface area (Å²) in [5, 5.41) is 18.1. The fraction of sp³-hybridized carbons (Fsp3) is 0.529. The second kappa shape index (κ2) is 22.8. The van der Waals surface area contributed by atoms with E-state index >= 15 is 0 Å². The number of urea groups is 1. The molecule has 1 aliphatic rings. The molecule has 9 amide bonds. The molecule has 0 saturated heterocycles. The topological polar surface area (TPSA) is 268 Å². The van der Waals surface area contributed by atoms with Gasteiger partial charge in [0.1, 0.15) is 24.4 Å². The second-order valence-electron chi connectivity index (χ2n) is 12.3. The van der Waals surface area contributed by atoms with Gasteiger partial charge < -0.3 is 57.3 Å². The molecule has 0 bridgehead atoms. The molecule has 1 aliphatic heterocycles. The van der Waals surface area contributed by atoms with Crippen molar-refractivity contribution in [3.05, 3.63) is 35.9 Å². The van der Waals surface area contributed by atoms with Gasteiger partial charge in [-0.05, 0) is 37.3 Å². The average Bonchev–Trinajstić information content (AvgIpc) is 3.52. The molecule has 19 nitrogen and oxygen atoms in total. The van der Waals surface area contributed by atoms with Gasteiger partial charge in [0.25, 0.3) is 5.91 Å². The predicted octanol–water partition coefficient (Wildman–Crippen LogP) is -0.635. The van der Waals surface area contributed by atoms with Gasteiger partial charge in [-0.3, -0.25) is 28.8 Å². The number of rotatable bonds is 22. The van der Waals surface area contributed by atoms with Crippen molar-refractivity contribution in [1.29, 1.82) is 0 Å². The van der Waals surface area contributed by atoms with Crippen molar-refractivity contribution in [2.45, 2.75) is 65.1 Å². The normalized spacial score (nSPS) is 13.0. The van der Waals surface area contributed by atoms with Gasteiger partial charge in [0, 0.05) is 76.5 Å². The monoisotopic (exact) mass is 745 g/mol. The molecule has 53 heavy (non-hydrogen) atoms. The molecule has 9 N–H and O–H groups in total. The molecule has 19 heteroatoms. The number of amides is 9. The summed E-state index contributed by atoms with van der Waals surface area (Å²) in [6, 6.07) is 1.73. The van der Waals surface area contributed by atoms with E-state index in [9.17, 15) is 38.4 Å². The summed E-state index contributed by atoms with van der Waals surface area (Å²) in [7, 11) is 1.39. The van der Waals surface area contributed by atoms with Crippen LogP contribution in [0.5, 0.6) is 5.75 Å². The molecule has 0 radical (unpaired) electrons. The van der Waals surface area contributed by atoms with Crippen LogP contribution in [0.3, 0.4) is 0 Å². The third kappa shape index (κ3) is 16.8. The first-order valence-electron chi connectivity index (χ1n) is 17.2. The Hall–Kier alpha value is -5.88. The first-order chi connectivity index (χ1) is 25.2. The number of hydrogen-bond acceptors (Lipinski definition) is 10. The minimum atomic E-state index is -1.09. The van der Waals surface area contributed by atoms with Gasteiger partial charge >= 0.3 is 12.1 Å². The van der Waals surface area contributed by atoms with Crippen molar-refractivity contribution in [3.8, 4) is 5.75 Å². The van der Waals surface area contributed by atoms with Crippen LogP contribution in [0, 0.1) is 5.92 Å². The fourth-order valence-electron chi connectivity index (χ4n) is 4.87. The van der Waals surface area contributed by atoms with Crippen LogP contribution in [0.1, 0.15) is 52.0 Å². The Labute approximate surface area is 307 Å². The van der Waals surface area contributed by atoms with E-state index < -0.39 is 54.4 Å². The maximum Gasteiger partial charge on any atom is 0.407 e. The number of nitrogens with zero attached hydrogens (tertiary/aromatic N) is 1. The third-order valence-electron chi connectivity index (χ3n) is 7.67. The lowest BCUT2D eigenvalue weighted by atomic mass is 10.0. The molecular weight excluding hydrogens is 694 g/mol. The highest BCUT2D eigenvalue weighted by Crippen LogP contribution is 2.25. The minimum absolute atomic E-state index is 0.103. The summed E-state index contributed by atoms with van der Waals surface area (Å²) in [5.74, 6) is -2.59. The first-order valence-corrected chi connectivity index (χ1v) is 17.2. The Morgan fingerprint density at radius 2 is 1.62 bits per heavy atom. The van der Waals surface area contributed by atoms with Crippen LogP contribution in [-0.2, 0) is 40.1 Å². The van der Waals surface area contributed by atoms with E-state index in [1.165, 1.54) is 38.2 Å². The SMILES string of the molecule is CNC(=O)OCc1ccc(NC(=O)[C@H](CCCNC(N)=O)NC(=O)[C@@H](NC(C)=O)C(C)C)cc1OCC(=O)NCCCNC(=O)CCN1CC=CC1=O. The molecule has 0 spiro atoms. The zero-order valence-corrected chi connectivity index (χ0v) is 30.5. The van der Waals surface area contributed by atoms with Crippen molar-refractivity contribution in [3.63, 3.8) is 0 Å². The second-order valence-corrected chi connectivity index (χ2v) is 12.3. The van der Waals surface area contributed by atoms with E-state index in [4.69, 9.17) is 15.2 Å². The Morgan fingerprint density at radius 3 is 2.25 bits per heavy atom. The Kier molecular flexibility index (Phi) is 18.7. The average molecular weight is 746 g/mol. The van der Waals surface area contributed by atoms with Crippen molar-refractivity contribution in [2.75, 3.05) is 51.7 Å². The van der Waals surface area contributed by atoms with Crippen molar-refractivity contribution < 1.29 is 47.8 Å². The summed E-state index contributed by atoms with van der Waals surface area (Å²) < 4.78 is 10.9. The summed E-state index contributed by atoms with van der Waals surface area (Å²) in [5.41, 5.74) is 5.74. The number of hydrogen-bond donors (Lipinski definition) is 8. The smallest absolute Gasteiger partial charge is 0.407 e. The maximum atomic E-state index is 13.5. The Balaban J connectivity index is 2.03. The molecule has 1 aromatic rings. The quantitative estimate of drug-likeness (QED) is 0.0696. The van der Waals surface area contributed by atoms with Gasteiger partial charge in [0.15, 0.2) is 6.61 Å². The molecule has 2 atom stereocenters. The highest BCUT2D eigenvalue weighted by Gasteiger charge is 2.28. The van der Waals surface area contributed by atoms with Crippen molar-refractivity contribution >= 4 is 53.3 Å². The summed E-state index contributed by atoms with van der Waals surface area (Å²) in [6.45, 7) is 5.60. The zero-order valence-electron chi connectivity index (χ0n) is 30.5. The highest BCUT2D eigenvalue weighted by molar-refractivity contribution is 5.98. The van der Waals surface area contributed by atoms with E-state index in [0.717, 1.165) is 0 Å². The minimum Gasteiger partial charge on any atom is -0.483 e. The fourth-order valence-corrected chi connectivity index (χ4v) is 4.87. The van der Waals surface area contributed by atoms with Crippen LogP contribution in [0.4, 0.5) is 15.3 Å². The molecule has 0 aromatic heterocycles. The van der Waals surface area contributed by atoms with Crippen LogP contribution in [-0.4, -0.2) is 111 Å². The van der Waals surface area contributed by atoms with E-state index in [1.807, 2.05) is 0 Å². The van der Waals surface area contributed by atoms with Gasteiger partial charge in [-0.25, -0.2) is 9.59 Å². The number of nitrogens with two attached hydrogens (primary N) is 1. The zero-order chi connectivity index (χ0) is 39.3. The van der Waals surface area contributed by atoms with Gasteiger partial charge in [-0.1, -0.05) is 19.9 Å². The van der Waals surface area contributed by atoms with Crippen LogP contribution >= 0.6 is 0 Å². The highest BCUT2D eigenvalue weighted by atomic mass is 16.5. The number of primary amides is 1. The summed E-state index contributed by atoms with van der Waals surface area (Å²) in [4.78, 5) is 98.9. The lowest BCUT2D eigenvalue weighted by Gasteiger charge is -2.25. The summed E-state index contributed by atoms with van der Waals surface area (Å²) in [6.07, 6.45) is 3.48. The number of carbonyl (C=O) groups excluding carboxylic acids is 8. The number of alkyl carbamates (subject to hydrolysis) is 1. The number of carbonyl (C=O) groups is 8. The summed E-state index contributed by atoms with van der Waals surface area (Å²) >= 11 is 0. The van der Waals surface area contributed by atoms with E-state index in [1.54, 1.807) is 24.8 Å². The molecule has 0 aliphatic carbocycles. The first kappa shape index (κ1) is 43.3. The lowest BCUT2D eigenvalue weighted by molar-refractivity contribution is -0.131. The molecule has 0 fully saturated rings. The maximum absolute atomic E-state index is 13.5. The molecule has 0 unspecified atom stereocenters. The molecule has 292 valence electrons. The largest absolute Gasteiger partial charge is 0.483 e. The lowest BCUT2D eigenvalue weighted by Crippen LogP contribution is -2.54. The van der Waals surface area contributed by atoms with Crippen LogP contribution in [0.25, 0.3) is 0 Å². The third-order valence-corrected chi connectivity index (χ3v) is 7.67. The number of nitrogens with one attached hydrogen (secondary N) is 7. The molecule has 0 saturated carbocycles. The number of anilines is 1. The Morgan fingerprint density at radius 1 is 0.925 bits per heavy atom. The van der Waals surface area contributed by atoms with Crippen molar-refractivity contribution in [1.82, 2.24) is 36.8 Å². The van der Waals surface area contributed by atoms with Gasteiger partial charge in [-0.15, -0.1) is 0 Å². The van der Waals surface area contributed by atoms with Crippen LogP contribution in [0.2, 0.25) is 0 Å². The van der Waals surface area contributed by atoms with Crippen LogP contribution in [0.15, 0.2) is 30.4 Å². The van der Waals surface area contributed by atoms with E-state index in [2.05, 4.69) is 37.2 Å². The van der Waals surface area contributed by atoms with E-state index in [-0.39, 0.29) is 68.1 Å². The molecule has 1 heterocycles.